The first-order valence-electron chi connectivity index (χ1n) is 12.3. The second-order valence-electron chi connectivity index (χ2n) is 9.23. The zero-order valence-electron chi connectivity index (χ0n) is 21.1. The first-order chi connectivity index (χ1) is 19.1. The van der Waals surface area contributed by atoms with Crippen molar-refractivity contribution < 1.29 is 29.4 Å². The number of phenols is 1. The Morgan fingerprint density at radius 1 is 1.02 bits per heavy atom. The number of carbonyl (C=O) groups excluding carboxylic acids is 3. The minimum atomic E-state index is -1.22. The minimum Gasteiger partial charge on any atom is -0.506 e. The first-order valence-corrected chi connectivity index (χ1v) is 13.1. The van der Waals surface area contributed by atoms with E-state index in [-0.39, 0.29) is 40.2 Å². The number of hydrogen-bond acceptors (Lipinski definition) is 5. The summed E-state index contributed by atoms with van der Waals surface area (Å²) in [5, 5.41) is 27.9. The van der Waals surface area contributed by atoms with E-state index in [9.17, 15) is 29.4 Å². The van der Waals surface area contributed by atoms with Gasteiger partial charge in [0, 0.05) is 41.5 Å². The van der Waals surface area contributed by atoms with Crippen LogP contribution in [-0.2, 0) is 20.9 Å². The third kappa shape index (κ3) is 7.22. The Morgan fingerprint density at radius 2 is 1.77 bits per heavy atom. The summed E-state index contributed by atoms with van der Waals surface area (Å²) in [5.74, 6) is -3.27. The monoisotopic (exact) mass is 584 g/mol. The fourth-order valence-electron chi connectivity index (χ4n) is 4.39. The van der Waals surface area contributed by atoms with E-state index < -0.39 is 36.3 Å². The minimum absolute atomic E-state index is 0.0381. The Kier molecular flexibility index (Phi) is 9.13. The number of halogens is 2. The van der Waals surface area contributed by atoms with Crippen molar-refractivity contribution in [2.45, 2.75) is 25.4 Å². The van der Waals surface area contributed by atoms with E-state index in [0.717, 1.165) is 5.56 Å². The van der Waals surface area contributed by atoms with Crippen molar-refractivity contribution in [2.24, 2.45) is 5.92 Å². The molecule has 1 fully saturated rings. The number of carbonyl (C=O) groups is 4. The average Bonchev–Trinajstić information content (AvgIpc) is 3.31. The highest BCUT2D eigenvalue weighted by Crippen LogP contribution is 2.36. The molecular weight excluding hydrogens is 559 g/mol. The SMILES string of the molecule is O=C(O)CC(NC(=O)C1CC(=O)N(c2cccc(NC(=O)NCc3ccccc3)c2)C1)c1cc(Cl)cc(Cl)c1O. The third-order valence-electron chi connectivity index (χ3n) is 6.34. The number of nitrogens with one attached hydrogen (secondary N) is 3. The summed E-state index contributed by atoms with van der Waals surface area (Å²) >= 11 is 12.0. The number of benzene rings is 3. The molecule has 1 saturated heterocycles. The van der Waals surface area contributed by atoms with Crippen molar-refractivity contribution in [3.8, 4) is 5.75 Å². The summed E-state index contributed by atoms with van der Waals surface area (Å²) in [6.45, 7) is 0.381. The summed E-state index contributed by atoms with van der Waals surface area (Å²) in [6, 6.07) is 17.2. The largest absolute Gasteiger partial charge is 0.506 e. The van der Waals surface area contributed by atoms with Gasteiger partial charge in [-0.25, -0.2) is 4.79 Å². The Bertz CT molecular complexity index is 1440. The van der Waals surface area contributed by atoms with Crippen LogP contribution < -0.4 is 20.9 Å². The maximum absolute atomic E-state index is 13.1. The van der Waals surface area contributed by atoms with Gasteiger partial charge in [0.2, 0.25) is 11.8 Å². The summed E-state index contributed by atoms with van der Waals surface area (Å²) in [6.07, 6.45) is -0.649. The Morgan fingerprint density at radius 3 is 2.50 bits per heavy atom. The van der Waals surface area contributed by atoms with Crippen LogP contribution in [0.3, 0.4) is 0 Å². The highest BCUT2D eigenvalue weighted by atomic mass is 35.5. The number of hydrogen-bond donors (Lipinski definition) is 5. The van der Waals surface area contributed by atoms with Crippen molar-refractivity contribution >= 4 is 58.4 Å². The van der Waals surface area contributed by atoms with E-state index in [2.05, 4.69) is 16.0 Å². The first kappa shape index (κ1) is 28.7. The highest BCUT2D eigenvalue weighted by molar-refractivity contribution is 6.35. The molecule has 0 saturated carbocycles. The predicted molar refractivity (Wildman–Crippen MR) is 150 cm³/mol. The van der Waals surface area contributed by atoms with Crippen LogP contribution in [-0.4, -0.2) is 40.6 Å². The van der Waals surface area contributed by atoms with Crippen LogP contribution in [0.1, 0.15) is 30.0 Å². The molecule has 0 aliphatic carbocycles. The number of amides is 4. The fraction of sp³-hybridized carbons (Fsp3) is 0.214. The van der Waals surface area contributed by atoms with Crippen LogP contribution >= 0.6 is 23.2 Å². The lowest BCUT2D eigenvalue weighted by atomic mass is 10.0. The summed E-state index contributed by atoms with van der Waals surface area (Å²) in [5.41, 5.74) is 1.94. The van der Waals surface area contributed by atoms with Crippen LogP contribution in [0.15, 0.2) is 66.7 Å². The van der Waals surface area contributed by atoms with Crippen LogP contribution in [0.25, 0.3) is 0 Å². The second kappa shape index (κ2) is 12.7. The molecule has 1 aliphatic heterocycles. The second-order valence-corrected chi connectivity index (χ2v) is 10.1. The van der Waals surface area contributed by atoms with Crippen molar-refractivity contribution in [1.82, 2.24) is 10.6 Å². The number of carboxylic acids is 1. The molecule has 2 unspecified atom stereocenters. The molecule has 12 heteroatoms. The molecule has 4 amide bonds. The quantitative estimate of drug-likeness (QED) is 0.246. The topological polar surface area (TPSA) is 148 Å². The standard InChI is InChI=1S/C28H26Cl2N4O6/c29-18-10-21(26(38)22(30)11-18)23(13-25(36)37)33-27(39)17-9-24(35)34(15-17)20-8-4-7-19(12-20)32-28(40)31-14-16-5-2-1-3-6-16/h1-8,10-12,17,23,38H,9,13-15H2,(H,33,39)(H,36,37)(H2,31,32,40). The zero-order chi connectivity index (χ0) is 28.8. The average molecular weight is 585 g/mol. The van der Waals surface area contributed by atoms with Crippen molar-refractivity contribution in [1.29, 1.82) is 0 Å². The molecule has 1 heterocycles. The van der Waals surface area contributed by atoms with Crippen molar-refractivity contribution in [2.75, 3.05) is 16.8 Å². The Balaban J connectivity index is 1.41. The molecule has 40 heavy (non-hydrogen) atoms. The number of rotatable bonds is 9. The molecule has 5 N–H and O–H groups in total. The van der Waals surface area contributed by atoms with Crippen LogP contribution in [0.2, 0.25) is 10.0 Å². The van der Waals surface area contributed by atoms with Crippen LogP contribution in [0, 0.1) is 5.92 Å². The summed E-state index contributed by atoms with van der Waals surface area (Å²) < 4.78 is 0. The van der Waals surface area contributed by atoms with Gasteiger partial charge in [-0.3, -0.25) is 14.4 Å². The number of carboxylic acid groups (broad SMARTS) is 1. The molecule has 2 atom stereocenters. The molecule has 0 bridgehead atoms. The molecule has 0 radical (unpaired) electrons. The lowest BCUT2D eigenvalue weighted by molar-refractivity contribution is -0.138. The maximum Gasteiger partial charge on any atom is 0.319 e. The van der Waals surface area contributed by atoms with E-state index in [4.69, 9.17) is 23.2 Å². The number of anilines is 2. The van der Waals surface area contributed by atoms with Crippen molar-refractivity contribution in [3.05, 3.63) is 87.9 Å². The molecule has 1 aliphatic rings. The number of aromatic hydroxyl groups is 1. The molecule has 10 nitrogen and oxygen atoms in total. The van der Waals surface area contributed by atoms with Gasteiger partial charge in [-0.15, -0.1) is 0 Å². The van der Waals surface area contributed by atoms with Crippen molar-refractivity contribution in [3.63, 3.8) is 0 Å². The van der Waals surface area contributed by atoms with Gasteiger partial charge in [-0.2, -0.15) is 0 Å². The van der Waals surface area contributed by atoms with Gasteiger partial charge < -0.3 is 31.1 Å². The van der Waals surface area contributed by atoms with Gasteiger partial charge in [0.05, 0.1) is 23.4 Å². The van der Waals surface area contributed by atoms with E-state index in [1.165, 1.54) is 17.0 Å². The number of aliphatic carboxylic acids is 1. The van der Waals surface area contributed by atoms with Gasteiger partial charge in [-0.05, 0) is 35.9 Å². The van der Waals surface area contributed by atoms with Gasteiger partial charge in [-0.1, -0.05) is 59.6 Å². The van der Waals surface area contributed by atoms with Crippen LogP contribution in [0.4, 0.5) is 16.2 Å². The van der Waals surface area contributed by atoms with E-state index >= 15 is 0 Å². The maximum atomic E-state index is 13.1. The Hall–Kier alpha value is -4.28. The summed E-state index contributed by atoms with van der Waals surface area (Å²) in [7, 11) is 0. The van der Waals surface area contributed by atoms with E-state index in [1.54, 1.807) is 24.3 Å². The lowest BCUT2D eigenvalue weighted by Gasteiger charge is -2.22. The van der Waals surface area contributed by atoms with Crippen LogP contribution in [0.5, 0.6) is 5.75 Å². The molecule has 0 spiro atoms. The molecule has 3 aromatic carbocycles. The van der Waals surface area contributed by atoms with Gasteiger partial charge >= 0.3 is 12.0 Å². The Labute approximate surface area is 239 Å². The number of urea groups is 1. The number of nitrogens with zero attached hydrogens (tertiary/aromatic N) is 1. The lowest BCUT2D eigenvalue weighted by Crippen LogP contribution is -2.36. The molecule has 4 rings (SSSR count). The fourth-order valence-corrected chi connectivity index (χ4v) is 4.90. The highest BCUT2D eigenvalue weighted by Gasteiger charge is 2.36. The molecular formula is C28H26Cl2N4O6. The molecule has 0 aromatic heterocycles. The summed E-state index contributed by atoms with van der Waals surface area (Å²) in [4.78, 5) is 51.2. The van der Waals surface area contributed by atoms with Gasteiger partial charge in [0.15, 0.2) is 0 Å². The molecule has 208 valence electrons. The normalized spacial score (nSPS) is 15.4. The predicted octanol–water partition coefficient (Wildman–Crippen LogP) is 4.71. The third-order valence-corrected chi connectivity index (χ3v) is 6.84. The number of phenolic OH excluding ortho intramolecular Hbond substituents is 1. The van der Waals surface area contributed by atoms with Gasteiger partial charge in [0.25, 0.3) is 0 Å². The van der Waals surface area contributed by atoms with Gasteiger partial charge in [0.1, 0.15) is 5.75 Å². The van der Waals surface area contributed by atoms with E-state index in [1.807, 2.05) is 30.3 Å². The smallest absolute Gasteiger partial charge is 0.319 e. The van der Waals surface area contributed by atoms with E-state index in [0.29, 0.717) is 17.9 Å². The zero-order valence-corrected chi connectivity index (χ0v) is 22.6. The molecule has 3 aromatic rings.